The van der Waals surface area contributed by atoms with Gasteiger partial charge in [0.25, 0.3) is 0 Å². The number of aryl methyl sites for hydroxylation is 1. The lowest BCUT2D eigenvalue weighted by Gasteiger charge is -2.01. The summed E-state index contributed by atoms with van der Waals surface area (Å²) in [5.41, 5.74) is 2.11. The van der Waals surface area contributed by atoms with Gasteiger partial charge >= 0.3 is 0 Å². The SMILES string of the molecule is C[C@@H](O)CCc1[nH]nc2ccccc12. The average molecular weight is 190 g/mol. The van der Waals surface area contributed by atoms with Gasteiger partial charge in [0.15, 0.2) is 0 Å². The minimum atomic E-state index is -0.253. The largest absolute Gasteiger partial charge is 0.393 e. The second-order valence-corrected chi connectivity index (χ2v) is 3.61. The number of nitrogens with zero attached hydrogens (tertiary/aromatic N) is 1. The summed E-state index contributed by atoms with van der Waals surface area (Å²) >= 11 is 0. The lowest BCUT2D eigenvalue weighted by atomic mass is 10.1. The summed E-state index contributed by atoms with van der Waals surface area (Å²) in [4.78, 5) is 0. The van der Waals surface area contributed by atoms with E-state index in [2.05, 4.69) is 16.3 Å². The standard InChI is InChI=1S/C11H14N2O/c1-8(14)6-7-11-9-4-2-3-5-10(9)12-13-11/h2-5,8,14H,6-7H2,1H3,(H,12,13)/t8-/m1/s1. The lowest BCUT2D eigenvalue weighted by molar-refractivity contribution is 0.184. The van der Waals surface area contributed by atoms with Gasteiger partial charge in [-0.15, -0.1) is 0 Å². The van der Waals surface area contributed by atoms with E-state index in [-0.39, 0.29) is 6.10 Å². The number of hydrogen-bond donors (Lipinski definition) is 2. The Morgan fingerprint density at radius 1 is 1.43 bits per heavy atom. The van der Waals surface area contributed by atoms with Crippen molar-refractivity contribution in [2.75, 3.05) is 0 Å². The molecule has 0 aliphatic heterocycles. The van der Waals surface area contributed by atoms with Crippen molar-refractivity contribution in [1.29, 1.82) is 0 Å². The van der Waals surface area contributed by atoms with Gasteiger partial charge in [0, 0.05) is 11.1 Å². The van der Waals surface area contributed by atoms with Crippen LogP contribution in [0.2, 0.25) is 0 Å². The molecule has 0 fully saturated rings. The zero-order valence-electron chi connectivity index (χ0n) is 8.20. The van der Waals surface area contributed by atoms with Crippen LogP contribution in [0.4, 0.5) is 0 Å². The van der Waals surface area contributed by atoms with Gasteiger partial charge in [0.05, 0.1) is 11.6 Å². The molecule has 0 saturated heterocycles. The maximum Gasteiger partial charge on any atom is 0.0923 e. The molecule has 0 radical (unpaired) electrons. The summed E-state index contributed by atoms with van der Waals surface area (Å²) in [6.45, 7) is 1.80. The quantitative estimate of drug-likeness (QED) is 0.776. The van der Waals surface area contributed by atoms with Gasteiger partial charge in [0.1, 0.15) is 0 Å². The van der Waals surface area contributed by atoms with E-state index in [4.69, 9.17) is 0 Å². The van der Waals surface area contributed by atoms with Crippen LogP contribution in [0.15, 0.2) is 24.3 Å². The molecule has 0 unspecified atom stereocenters. The number of aromatic nitrogens is 2. The minimum Gasteiger partial charge on any atom is -0.393 e. The molecule has 0 amide bonds. The summed E-state index contributed by atoms with van der Waals surface area (Å²) < 4.78 is 0. The lowest BCUT2D eigenvalue weighted by Crippen LogP contribution is -2.01. The molecule has 0 bridgehead atoms. The zero-order valence-corrected chi connectivity index (χ0v) is 8.20. The minimum absolute atomic E-state index is 0.253. The number of hydrogen-bond acceptors (Lipinski definition) is 2. The van der Waals surface area contributed by atoms with Gasteiger partial charge in [-0.2, -0.15) is 5.10 Å². The van der Waals surface area contributed by atoms with Crippen LogP contribution in [-0.2, 0) is 6.42 Å². The molecular weight excluding hydrogens is 176 g/mol. The molecule has 0 saturated carbocycles. The van der Waals surface area contributed by atoms with E-state index in [9.17, 15) is 5.11 Å². The Morgan fingerprint density at radius 3 is 3.00 bits per heavy atom. The van der Waals surface area contributed by atoms with Gasteiger partial charge < -0.3 is 5.11 Å². The molecule has 1 aromatic carbocycles. The van der Waals surface area contributed by atoms with Crippen LogP contribution < -0.4 is 0 Å². The first-order chi connectivity index (χ1) is 6.77. The summed E-state index contributed by atoms with van der Waals surface area (Å²) in [5, 5.41) is 17.5. The Bertz CT molecular complexity index is 420. The third-order valence-electron chi connectivity index (χ3n) is 2.35. The molecule has 0 aliphatic rings. The summed E-state index contributed by atoms with van der Waals surface area (Å²) in [6.07, 6.45) is 1.36. The Labute approximate surface area is 82.8 Å². The van der Waals surface area contributed by atoms with E-state index in [0.29, 0.717) is 0 Å². The number of aromatic amines is 1. The van der Waals surface area contributed by atoms with Crippen LogP contribution in [0, 0.1) is 0 Å². The van der Waals surface area contributed by atoms with Crippen LogP contribution in [0.3, 0.4) is 0 Å². The second kappa shape index (κ2) is 3.80. The second-order valence-electron chi connectivity index (χ2n) is 3.61. The highest BCUT2D eigenvalue weighted by Crippen LogP contribution is 2.16. The predicted octanol–water partition coefficient (Wildman–Crippen LogP) is 1.88. The third-order valence-corrected chi connectivity index (χ3v) is 2.35. The third kappa shape index (κ3) is 1.77. The number of aliphatic hydroxyl groups excluding tert-OH is 1. The summed E-state index contributed by atoms with van der Waals surface area (Å²) in [5.74, 6) is 0. The van der Waals surface area contributed by atoms with Crippen molar-refractivity contribution in [2.24, 2.45) is 0 Å². The van der Waals surface area contributed by atoms with E-state index in [1.54, 1.807) is 6.92 Å². The zero-order chi connectivity index (χ0) is 9.97. The topological polar surface area (TPSA) is 48.9 Å². The maximum atomic E-state index is 9.19. The highest BCUT2D eigenvalue weighted by molar-refractivity contribution is 5.81. The van der Waals surface area contributed by atoms with Crippen LogP contribution in [0.5, 0.6) is 0 Å². The normalized spacial score (nSPS) is 13.3. The number of para-hydroxylation sites is 1. The molecular formula is C11H14N2O. The first-order valence-electron chi connectivity index (χ1n) is 4.87. The first-order valence-corrected chi connectivity index (χ1v) is 4.87. The van der Waals surface area contributed by atoms with Gasteiger partial charge in [0.2, 0.25) is 0 Å². The van der Waals surface area contributed by atoms with Crippen molar-refractivity contribution in [3.05, 3.63) is 30.0 Å². The van der Waals surface area contributed by atoms with Crippen molar-refractivity contribution in [3.63, 3.8) is 0 Å². The van der Waals surface area contributed by atoms with E-state index in [1.165, 1.54) is 0 Å². The number of benzene rings is 1. The molecule has 0 spiro atoms. The van der Waals surface area contributed by atoms with E-state index in [0.717, 1.165) is 29.4 Å². The Morgan fingerprint density at radius 2 is 2.21 bits per heavy atom. The van der Waals surface area contributed by atoms with E-state index < -0.39 is 0 Å². The number of rotatable bonds is 3. The highest BCUT2D eigenvalue weighted by atomic mass is 16.3. The van der Waals surface area contributed by atoms with Crippen LogP contribution in [0.1, 0.15) is 19.0 Å². The van der Waals surface area contributed by atoms with Crippen LogP contribution in [0.25, 0.3) is 10.9 Å². The number of aliphatic hydroxyl groups is 1. The van der Waals surface area contributed by atoms with Crippen molar-refractivity contribution in [2.45, 2.75) is 25.9 Å². The molecule has 0 aliphatic carbocycles. The molecule has 2 rings (SSSR count). The molecule has 3 heteroatoms. The van der Waals surface area contributed by atoms with Gasteiger partial charge in [-0.05, 0) is 25.8 Å². The van der Waals surface area contributed by atoms with Crippen molar-refractivity contribution >= 4 is 10.9 Å². The molecule has 2 N–H and O–H groups in total. The number of nitrogens with one attached hydrogen (secondary N) is 1. The number of H-pyrrole nitrogens is 1. The Kier molecular flexibility index (Phi) is 2.50. The average Bonchev–Trinajstić information content (AvgIpc) is 2.58. The van der Waals surface area contributed by atoms with Crippen molar-refractivity contribution < 1.29 is 5.11 Å². The highest BCUT2D eigenvalue weighted by Gasteiger charge is 2.05. The molecule has 2 aromatic rings. The monoisotopic (exact) mass is 190 g/mol. The van der Waals surface area contributed by atoms with Gasteiger partial charge in [-0.3, -0.25) is 5.10 Å². The molecule has 3 nitrogen and oxygen atoms in total. The summed E-state index contributed by atoms with van der Waals surface area (Å²) in [6, 6.07) is 8.01. The maximum absolute atomic E-state index is 9.19. The van der Waals surface area contributed by atoms with Gasteiger partial charge in [-0.25, -0.2) is 0 Å². The fourth-order valence-corrected chi connectivity index (χ4v) is 1.56. The predicted molar refractivity (Wildman–Crippen MR) is 56.1 cm³/mol. The molecule has 1 aromatic heterocycles. The fourth-order valence-electron chi connectivity index (χ4n) is 1.56. The molecule has 74 valence electrons. The van der Waals surface area contributed by atoms with Crippen molar-refractivity contribution in [3.8, 4) is 0 Å². The Hall–Kier alpha value is -1.35. The van der Waals surface area contributed by atoms with Crippen LogP contribution in [-0.4, -0.2) is 21.4 Å². The van der Waals surface area contributed by atoms with E-state index in [1.807, 2.05) is 18.2 Å². The van der Waals surface area contributed by atoms with Crippen molar-refractivity contribution in [1.82, 2.24) is 10.2 Å². The fraction of sp³-hybridized carbons (Fsp3) is 0.364. The van der Waals surface area contributed by atoms with Crippen LogP contribution >= 0.6 is 0 Å². The van der Waals surface area contributed by atoms with E-state index >= 15 is 0 Å². The summed E-state index contributed by atoms with van der Waals surface area (Å²) in [7, 11) is 0. The molecule has 1 atom stereocenters. The number of fused-ring (bicyclic) bond motifs is 1. The molecule has 14 heavy (non-hydrogen) atoms. The molecule has 1 heterocycles. The van der Waals surface area contributed by atoms with Gasteiger partial charge in [-0.1, -0.05) is 18.2 Å². The first kappa shape index (κ1) is 9.21. The Balaban J connectivity index is 2.25. The smallest absolute Gasteiger partial charge is 0.0923 e.